The molecule has 0 fully saturated rings. The van der Waals surface area contributed by atoms with Crippen molar-refractivity contribution in [1.82, 2.24) is 0 Å². The number of benzene rings is 2. The van der Waals surface area contributed by atoms with Crippen molar-refractivity contribution in [2.24, 2.45) is 5.73 Å². The summed E-state index contributed by atoms with van der Waals surface area (Å²) in [7, 11) is 0. The first-order chi connectivity index (χ1) is 10.1. The van der Waals surface area contributed by atoms with Gasteiger partial charge in [-0.15, -0.1) is 0 Å². The van der Waals surface area contributed by atoms with E-state index in [1.165, 1.54) is 6.07 Å². The highest BCUT2D eigenvalue weighted by atomic mass is 35.5. The summed E-state index contributed by atoms with van der Waals surface area (Å²) in [5.74, 6) is -0.277. The topological polar surface area (TPSA) is 35.2 Å². The van der Waals surface area contributed by atoms with E-state index in [0.717, 1.165) is 12.0 Å². The van der Waals surface area contributed by atoms with Gasteiger partial charge in [0.1, 0.15) is 5.82 Å². The van der Waals surface area contributed by atoms with Crippen molar-refractivity contribution in [3.63, 3.8) is 0 Å². The largest absolute Gasteiger partial charge is 0.367 e. The van der Waals surface area contributed by atoms with E-state index in [1.54, 1.807) is 24.3 Å². The van der Waals surface area contributed by atoms with Crippen LogP contribution in [0, 0.1) is 5.82 Å². The summed E-state index contributed by atoms with van der Waals surface area (Å²) in [5, 5.41) is 0.611. The summed E-state index contributed by atoms with van der Waals surface area (Å²) in [4.78, 5) is 0. The third-order valence-electron chi connectivity index (χ3n) is 3.45. The maximum absolute atomic E-state index is 13.7. The van der Waals surface area contributed by atoms with Crippen LogP contribution in [0.4, 0.5) is 4.39 Å². The Bertz CT molecular complexity index is 591. The lowest BCUT2D eigenvalue weighted by Gasteiger charge is -2.25. The Morgan fingerprint density at radius 1 is 1.14 bits per heavy atom. The fourth-order valence-corrected chi connectivity index (χ4v) is 2.40. The third kappa shape index (κ3) is 4.03. The van der Waals surface area contributed by atoms with Crippen LogP contribution in [0.5, 0.6) is 0 Å². The first kappa shape index (κ1) is 16.0. The monoisotopic (exact) mass is 307 g/mol. The highest BCUT2D eigenvalue weighted by molar-refractivity contribution is 6.31. The minimum atomic E-state index is -0.358. The normalized spacial score (nSPS) is 13.9. The van der Waals surface area contributed by atoms with E-state index in [4.69, 9.17) is 22.1 Å². The molecule has 112 valence electrons. The van der Waals surface area contributed by atoms with E-state index in [9.17, 15) is 4.39 Å². The van der Waals surface area contributed by atoms with Crippen LogP contribution < -0.4 is 5.73 Å². The van der Waals surface area contributed by atoms with E-state index >= 15 is 0 Å². The lowest BCUT2D eigenvalue weighted by atomic mass is 10.0. The molecule has 0 aliphatic carbocycles. The van der Waals surface area contributed by atoms with Gasteiger partial charge in [-0.3, -0.25) is 0 Å². The van der Waals surface area contributed by atoms with Gasteiger partial charge in [0, 0.05) is 22.2 Å². The van der Waals surface area contributed by atoms with Gasteiger partial charge in [-0.25, -0.2) is 4.39 Å². The highest BCUT2D eigenvalue weighted by Gasteiger charge is 2.22. The van der Waals surface area contributed by atoms with Crippen LogP contribution in [-0.4, -0.2) is 6.04 Å². The molecule has 21 heavy (non-hydrogen) atoms. The molecule has 0 spiro atoms. The molecule has 0 amide bonds. The molecule has 2 unspecified atom stereocenters. The Hall–Kier alpha value is -1.42. The molecule has 0 heterocycles. The second-order valence-electron chi connectivity index (χ2n) is 4.92. The Balaban J connectivity index is 2.18. The van der Waals surface area contributed by atoms with Crippen molar-refractivity contribution in [3.8, 4) is 0 Å². The van der Waals surface area contributed by atoms with Gasteiger partial charge in [0.05, 0.1) is 12.7 Å². The fraction of sp³-hybridized carbons (Fsp3) is 0.294. The second-order valence-corrected chi connectivity index (χ2v) is 5.32. The summed E-state index contributed by atoms with van der Waals surface area (Å²) in [6.07, 6.45) is 0.385. The van der Waals surface area contributed by atoms with Crippen LogP contribution in [0.1, 0.15) is 30.6 Å². The van der Waals surface area contributed by atoms with Gasteiger partial charge in [0.2, 0.25) is 0 Å². The minimum Gasteiger partial charge on any atom is -0.367 e. The van der Waals surface area contributed by atoms with Crippen LogP contribution in [0.3, 0.4) is 0 Å². The average molecular weight is 308 g/mol. The van der Waals surface area contributed by atoms with Gasteiger partial charge >= 0.3 is 0 Å². The lowest BCUT2D eigenvalue weighted by Crippen LogP contribution is -2.29. The summed E-state index contributed by atoms with van der Waals surface area (Å²) in [6.45, 7) is 2.15. The van der Waals surface area contributed by atoms with Gasteiger partial charge in [-0.2, -0.15) is 0 Å². The molecule has 2 atom stereocenters. The number of rotatable bonds is 6. The van der Waals surface area contributed by atoms with E-state index in [0.29, 0.717) is 10.6 Å². The number of hydrogen-bond acceptors (Lipinski definition) is 2. The van der Waals surface area contributed by atoms with Crippen LogP contribution in [0.25, 0.3) is 0 Å². The van der Waals surface area contributed by atoms with Crippen LogP contribution in [0.2, 0.25) is 5.02 Å². The molecule has 4 heteroatoms. The van der Waals surface area contributed by atoms with Gasteiger partial charge in [-0.05, 0) is 18.6 Å². The van der Waals surface area contributed by atoms with Crippen molar-refractivity contribution >= 4 is 11.6 Å². The molecule has 2 nitrogen and oxygen atoms in total. The molecular formula is C17H19ClFNO. The summed E-state index contributed by atoms with van der Waals surface area (Å²) in [5.41, 5.74) is 7.49. The van der Waals surface area contributed by atoms with E-state index in [1.807, 2.05) is 25.1 Å². The Morgan fingerprint density at radius 3 is 2.48 bits per heavy atom. The molecule has 0 aromatic heterocycles. The van der Waals surface area contributed by atoms with Gasteiger partial charge in [-0.1, -0.05) is 54.9 Å². The highest BCUT2D eigenvalue weighted by Crippen LogP contribution is 2.29. The van der Waals surface area contributed by atoms with Crippen LogP contribution in [-0.2, 0) is 11.3 Å². The number of halogens is 2. The first-order valence-corrected chi connectivity index (χ1v) is 7.36. The summed E-state index contributed by atoms with van der Waals surface area (Å²) in [6, 6.07) is 13.8. The van der Waals surface area contributed by atoms with Gasteiger partial charge in [0.25, 0.3) is 0 Å². The van der Waals surface area contributed by atoms with Crippen molar-refractivity contribution in [2.45, 2.75) is 32.1 Å². The lowest BCUT2D eigenvalue weighted by molar-refractivity contribution is 0.0199. The SMILES string of the molecule is CCC(N)C(OCc1ccccc1F)c1ccccc1Cl. The zero-order chi connectivity index (χ0) is 15.2. The zero-order valence-electron chi connectivity index (χ0n) is 11.9. The Kier molecular flexibility index (Phi) is 5.74. The molecule has 0 radical (unpaired) electrons. The summed E-state index contributed by atoms with van der Waals surface area (Å²) < 4.78 is 19.5. The van der Waals surface area contributed by atoms with E-state index in [2.05, 4.69) is 0 Å². The number of nitrogens with two attached hydrogens (primary N) is 1. The number of hydrogen-bond donors (Lipinski definition) is 1. The molecule has 0 aliphatic rings. The third-order valence-corrected chi connectivity index (χ3v) is 3.79. The quantitative estimate of drug-likeness (QED) is 0.854. The molecule has 0 aliphatic heterocycles. The molecular weight excluding hydrogens is 289 g/mol. The van der Waals surface area contributed by atoms with Crippen molar-refractivity contribution < 1.29 is 9.13 Å². The Morgan fingerprint density at radius 2 is 1.81 bits per heavy atom. The maximum Gasteiger partial charge on any atom is 0.128 e. The van der Waals surface area contributed by atoms with E-state index < -0.39 is 0 Å². The molecule has 2 N–H and O–H groups in total. The number of ether oxygens (including phenoxy) is 1. The molecule has 2 aromatic carbocycles. The van der Waals surface area contributed by atoms with Crippen molar-refractivity contribution in [3.05, 3.63) is 70.5 Å². The molecule has 2 aromatic rings. The average Bonchev–Trinajstić information content (AvgIpc) is 2.50. The first-order valence-electron chi connectivity index (χ1n) is 6.98. The van der Waals surface area contributed by atoms with Crippen LogP contribution >= 0.6 is 11.6 Å². The zero-order valence-corrected chi connectivity index (χ0v) is 12.7. The van der Waals surface area contributed by atoms with Gasteiger partial charge < -0.3 is 10.5 Å². The minimum absolute atomic E-state index is 0.163. The Labute approximate surface area is 129 Å². The summed E-state index contributed by atoms with van der Waals surface area (Å²) >= 11 is 6.22. The van der Waals surface area contributed by atoms with Crippen molar-refractivity contribution in [2.75, 3.05) is 0 Å². The predicted octanol–water partition coefficient (Wildman–Crippen LogP) is 4.47. The standard InChI is InChI=1S/C17H19ClFNO/c1-2-16(20)17(13-8-4-5-9-14(13)18)21-11-12-7-3-6-10-15(12)19/h3-10,16-17H,2,11,20H2,1H3. The van der Waals surface area contributed by atoms with Crippen molar-refractivity contribution in [1.29, 1.82) is 0 Å². The predicted molar refractivity (Wildman–Crippen MR) is 83.6 cm³/mol. The second kappa shape index (κ2) is 7.55. The van der Waals surface area contributed by atoms with E-state index in [-0.39, 0.29) is 24.6 Å². The van der Waals surface area contributed by atoms with Crippen LogP contribution in [0.15, 0.2) is 48.5 Å². The molecule has 2 rings (SSSR count). The molecule has 0 saturated heterocycles. The maximum atomic E-state index is 13.7. The fourth-order valence-electron chi connectivity index (χ4n) is 2.16. The molecule has 0 bridgehead atoms. The molecule has 0 saturated carbocycles. The van der Waals surface area contributed by atoms with Gasteiger partial charge in [0.15, 0.2) is 0 Å². The smallest absolute Gasteiger partial charge is 0.128 e.